The van der Waals surface area contributed by atoms with E-state index in [0.717, 1.165) is 19.3 Å². The van der Waals surface area contributed by atoms with Crippen LogP contribution in [0.2, 0.25) is 0 Å². The molecule has 1 aliphatic rings. The number of rotatable bonds is 2. The average molecular weight is 187 g/mol. The maximum absolute atomic E-state index is 11.0. The Morgan fingerprint density at radius 2 is 1.92 bits per heavy atom. The van der Waals surface area contributed by atoms with Crippen molar-refractivity contribution in [2.45, 2.75) is 25.7 Å². The van der Waals surface area contributed by atoms with E-state index >= 15 is 0 Å². The van der Waals surface area contributed by atoms with Crippen LogP contribution in [0.5, 0.6) is 0 Å². The summed E-state index contributed by atoms with van der Waals surface area (Å²) in [6.45, 7) is 0. The fourth-order valence-corrected chi connectivity index (χ4v) is 3.09. The molecule has 1 aliphatic heterocycles. The van der Waals surface area contributed by atoms with Crippen LogP contribution in [-0.2, 0) is 9.84 Å². The van der Waals surface area contributed by atoms with Crippen molar-refractivity contribution in [2.24, 2.45) is 5.92 Å². The molecule has 1 saturated heterocycles. The molecular weight excluding hydrogens is 174 g/mol. The molecule has 0 saturated carbocycles. The van der Waals surface area contributed by atoms with Crippen molar-refractivity contribution in [3.8, 4) is 6.07 Å². The van der Waals surface area contributed by atoms with Gasteiger partial charge in [-0.2, -0.15) is 5.26 Å². The lowest BCUT2D eigenvalue weighted by Gasteiger charge is -2.20. The van der Waals surface area contributed by atoms with Crippen molar-refractivity contribution in [3.63, 3.8) is 0 Å². The van der Waals surface area contributed by atoms with E-state index in [-0.39, 0.29) is 0 Å². The van der Waals surface area contributed by atoms with E-state index in [1.165, 1.54) is 0 Å². The second kappa shape index (κ2) is 3.90. The van der Waals surface area contributed by atoms with E-state index in [1.807, 2.05) is 0 Å². The Labute approximate surface area is 73.3 Å². The normalized spacial score (nSPS) is 23.2. The molecule has 0 atom stereocenters. The molecule has 0 N–H and O–H groups in total. The molecular formula is C8H13NO2S. The van der Waals surface area contributed by atoms with E-state index < -0.39 is 9.84 Å². The van der Waals surface area contributed by atoms with Crippen molar-refractivity contribution < 1.29 is 8.42 Å². The van der Waals surface area contributed by atoms with Crippen LogP contribution in [0.25, 0.3) is 0 Å². The zero-order valence-electron chi connectivity index (χ0n) is 6.99. The molecule has 0 aromatic carbocycles. The number of nitriles is 1. The van der Waals surface area contributed by atoms with Crippen molar-refractivity contribution in [1.29, 1.82) is 5.26 Å². The fourth-order valence-electron chi connectivity index (χ4n) is 1.50. The third kappa shape index (κ3) is 2.82. The van der Waals surface area contributed by atoms with Gasteiger partial charge in [0.25, 0.3) is 0 Å². The minimum absolute atomic E-state index is 0.323. The van der Waals surface area contributed by atoms with E-state index in [4.69, 9.17) is 5.26 Å². The van der Waals surface area contributed by atoms with Gasteiger partial charge in [-0.15, -0.1) is 0 Å². The van der Waals surface area contributed by atoms with Gasteiger partial charge in [0, 0.05) is 6.42 Å². The molecule has 0 bridgehead atoms. The van der Waals surface area contributed by atoms with Gasteiger partial charge in [-0.25, -0.2) is 8.42 Å². The molecule has 0 radical (unpaired) electrons. The third-order valence-corrected chi connectivity index (χ3v) is 4.05. The third-order valence-electron chi connectivity index (χ3n) is 2.34. The number of hydrogen-bond acceptors (Lipinski definition) is 3. The summed E-state index contributed by atoms with van der Waals surface area (Å²) >= 11 is 0. The molecule has 0 aromatic rings. The quantitative estimate of drug-likeness (QED) is 0.650. The first-order chi connectivity index (χ1) is 5.64. The van der Waals surface area contributed by atoms with Crippen LogP contribution in [0, 0.1) is 17.2 Å². The van der Waals surface area contributed by atoms with E-state index in [2.05, 4.69) is 6.07 Å². The Morgan fingerprint density at radius 1 is 1.33 bits per heavy atom. The van der Waals surface area contributed by atoms with E-state index in [9.17, 15) is 8.42 Å². The minimum Gasteiger partial charge on any atom is -0.229 e. The molecule has 3 nitrogen and oxygen atoms in total. The molecule has 0 spiro atoms. The number of hydrogen-bond donors (Lipinski definition) is 0. The largest absolute Gasteiger partial charge is 0.229 e. The summed E-state index contributed by atoms with van der Waals surface area (Å²) in [5, 5.41) is 8.33. The molecule has 4 heteroatoms. The zero-order chi connectivity index (χ0) is 9.03. The highest BCUT2D eigenvalue weighted by atomic mass is 32.2. The Bertz CT molecular complexity index is 262. The number of nitrogens with zero attached hydrogens (tertiary/aromatic N) is 1. The lowest BCUT2D eigenvalue weighted by Crippen LogP contribution is -2.23. The molecule has 1 heterocycles. The zero-order valence-corrected chi connectivity index (χ0v) is 7.81. The molecule has 1 rings (SSSR count). The maximum atomic E-state index is 11.0. The summed E-state index contributed by atoms with van der Waals surface area (Å²) in [6, 6.07) is 2.09. The monoisotopic (exact) mass is 187 g/mol. The Morgan fingerprint density at radius 3 is 2.42 bits per heavy atom. The summed E-state index contributed by atoms with van der Waals surface area (Å²) < 4.78 is 22.0. The van der Waals surface area contributed by atoms with Gasteiger partial charge in [0.15, 0.2) is 0 Å². The summed E-state index contributed by atoms with van der Waals surface area (Å²) in [5.74, 6) is 1.11. The lowest BCUT2D eigenvalue weighted by atomic mass is 9.98. The first kappa shape index (κ1) is 9.53. The van der Waals surface area contributed by atoms with Crippen LogP contribution in [0.15, 0.2) is 0 Å². The van der Waals surface area contributed by atoms with Crippen LogP contribution in [0.1, 0.15) is 25.7 Å². The van der Waals surface area contributed by atoms with Crippen LogP contribution < -0.4 is 0 Å². The Hall–Kier alpha value is -0.560. The first-order valence-corrected chi connectivity index (χ1v) is 6.03. The Balaban J connectivity index is 2.32. The van der Waals surface area contributed by atoms with Gasteiger partial charge in [0.2, 0.25) is 0 Å². The molecule has 1 fully saturated rings. The maximum Gasteiger partial charge on any atom is 0.150 e. The molecule has 68 valence electrons. The van der Waals surface area contributed by atoms with Gasteiger partial charge < -0.3 is 0 Å². The average Bonchev–Trinajstić information content (AvgIpc) is 2.03. The standard InChI is InChI=1S/C8H13NO2S/c9-5-1-2-8-3-6-12(10,11)7-4-8/h8H,1-4,6-7H2. The lowest BCUT2D eigenvalue weighted by molar-refractivity contribution is 0.440. The Kier molecular flexibility index (Phi) is 3.10. The predicted molar refractivity (Wildman–Crippen MR) is 46.2 cm³/mol. The van der Waals surface area contributed by atoms with Gasteiger partial charge >= 0.3 is 0 Å². The van der Waals surface area contributed by atoms with Gasteiger partial charge in [-0.3, -0.25) is 0 Å². The van der Waals surface area contributed by atoms with Gasteiger partial charge in [-0.05, 0) is 25.2 Å². The van der Waals surface area contributed by atoms with Crippen molar-refractivity contribution in [2.75, 3.05) is 11.5 Å². The fraction of sp³-hybridized carbons (Fsp3) is 0.875. The topological polar surface area (TPSA) is 57.9 Å². The molecule has 0 aliphatic carbocycles. The van der Waals surface area contributed by atoms with E-state index in [1.54, 1.807) is 0 Å². The number of sulfone groups is 1. The summed E-state index contributed by atoms with van der Waals surface area (Å²) in [5.41, 5.74) is 0. The van der Waals surface area contributed by atoms with Crippen LogP contribution >= 0.6 is 0 Å². The van der Waals surface area contributed by atoms with Crippen LogP contribution in [0.4, 0.5) is 0 Å². The van der Waals surface area contributed by atoms with Gasteiger partial charge in [-0.1, -0.05) is 0 Å². The second-order valence-corrected chi connectivity index (χ2v) is 5.60. The SMILES string of the molecule is N#CCCC1CCS(=O)(=O)CC1. The molecule has 12 heavy (non-hydrogen) atoms. The van der Waals surface area contributed by atoms with E-state index in [0.29, 0.717) is 23.8 Å². The smallest absolute Gasteiger partial charge is 0.150 e. The van der Waals surface area contributed by atoms with Crippen LogP contribution in [0.3, 0.4) is 0 Å². The highest BCUT2D eigenvalue weighted by Crippen LogP contribution is 2.22. The molecule has 0 aromatic heterocycles. The summed E-state index contributed by atoms with van der Waals surface area (Å²) in [7, 11) is -2.72. The molecule has 0 amide bonds. The summed E-state index contributed by atoms with van der Waals surface area (Å²) in [4.78, 5) is 0. The van der Waals surface area contributed by atoms with Gasteiger partial charge in [0.1, 0.15) is 9.84 Å². The second-order valence-electron chi connectivity index (χ2n) is 3.29. The summed E-state index contributed by atoms with van der Waals surface area (Å²) in [6.07, 6.45) is 2.94. The van der Waals surface area contributed by atoms with Crippen LogP contribution in [-0.4, -0.2) is 19.9 Å². The highest BCUT2D eigenvalue weighted by molar-refractivity contribution is 7.91. The molecule has 0 unspecified atom stereocenters. The predicted octanol–water partition coefficient (Wildman–Crippen LogP) is 1.11. The van der Waals surface area contributed by atoms with Crippen molar-refractivity contribution in [1.82, 2.24) is 0 Å². The van der Waals surface area contributed by atoms with Crippen molar-refractivity contribution in [3.05, 3.63) is 0 Å². The van der Waals surface area contributed by atoms with Gasteiger partial charge in [0.05, 0.1) is 17.6 Å². The first-order valence-electron chi connectivity index (χ1n) is 4.21. The highest BCUT2D eigenvalue weighted by Gasteiger charge is 2.22. The van der Waals surface area contributed by atoms with Crippen molar-refractivity contribution >= 4 is 9.84 Å². The minimum atomic E-state index is -2.72.